The van der Waals surface area contributed by atoms with Crippen LogP contribution in [-0.4, -0.2) is 57.7 Å². The SMILES string of the molecule is CSc1ncc(C(=O)N2CCN(Cc3ccsc3)CC2)n1-c1ccc(F)cc1. The van der Waals surface area contributed by atoms with Gasteiger partial charge in [-0.15, -0.1) is 0 Å². The minimum absolute atomic E-state index is 0.0349. The zero-order valence-electron chi connectivity index (χ0n) is 15.5. The number of rotatable bonds is 5. The van der Waals surface area contributed by atoms with Crippen molar-refractivity contribution in [1.29, 1.82) is 0 Å². The van der Waals surface area contributed by atoms with Crippen LogP contribution in [0, 0.1) is 5.82 Å². The lowest BCUT2D eigenvalue weighted by Gasteiger charge is -2.34. The lowest BCUT2D eigenvalue weighted by atomic mass is 10.2. The number of amides is 1. The smallest absolute Gasteiger partial charge is 0.272 e. The van der Waals surface area contributed by atoms with Crippen LogP contribution in [0.5, 0.6) is 0 Å². The maximum Gasteiger partial charge on any atom is 0.272 e. The molecule has 8 heteroatoms. The Morgan fingerprint density at radius 2 is 1.93 bits per heavy atom. The summed E-state index contributed by atoms with van der Waals surface area (Å²) in [6, 6.07) is 8.29. The van der Waals surface area contributed by atoms with Crippen molar-refractivity contribution < 1.29 is 9.18 Å². The Hall–Kier alpha value is -2.16. The van der Waals surface area contributed by atoms with Crippen LogP contribution in [0.15, 0.2) is 52.4 Å². The van der Waals surface area contributed by atoms with Crippen molar-refractivity contribution in [3.63, 3.8) is 0 Å². The fraction of sp³-hybridized carbons (Fsp3) is 0.300. The number of benzene rings is 1. The molecule has 0 N–H and O–H groups in total. The van der Waals surface area contributed by atoms with Crippen LogP contribution in [-0.2, 0) is 6.54 Å². The van der Waals surface area contributed by atoms with Gasteiger partial charge in [0.15, 0.2) is 5.16 Å². The van der Waals surface area contributed by atoms with Crippen molar-refractivity contribution in [2.45, 2.75) is 11.7 Å². The van der Waals surface area contributed by atoms with Gasteiger partial charge in [0.25, 0.3) is 5.91 Å². The maximum atomic E-state index is 13.3. The normalized spacial score (nSPS) is 15.1. The van der Waals surface area contributed by atoms with Gasteiger partial charge in [-0.25, -0.2) is 9.37 Å². The molecule has 2 aromatic heterocycles. The number of piperazine rings is 1. The molecular weight excluding hydrogens is 395 g/mol. The van der Waals surface area contributed by atoms with E-state index in [1.165, 1.54) is 29.5 Å². The summed E-state index contributed by atoms with van der Waals surface area (Å²) in [6.45, 7) is 4.00. The highest BCUT2D eigenvalue weighted by Crippen LogP contribution is 2.23. The highest BCUT2D eigenvalue weighted by molar-refractivity contribution is 7.98. The maximum absolute atomic E-state index is 13.3. The van der Waals surface area contributed by atoms with Gasteiger partial charge in [-0.05, 0) is 52.9 Å². The van der Waals surface area contributed by atoms with E-state index in [-0.39, 0.29) is 11.7 Å². The zero-order valence-corrected chi connectivity index (χ0v) is 17.2. The molecule has 0 atom stereocenters. The van der Waals surface area contributed by atoms with Crippen LogP contribution >= 0.6 is 23.1 Å². The number of halogens is 1. The Morgan fingerprint density at radius 1 is 1.18 bits per heavy atom. The number of thiophene rings is 1. The minimum Gasteiger partial charge on any atom is -0.335 e. The molecule has 1 saturated heterocycles. The molecular formula is C20H21FN4OS2. The first-order chi connectivity index (χ1) is 13.7. The van der Waals surface area contributed by atoms with Gasteiger partial charge >= 0.3 is 0 Å². The fourth-order valence-electron chi connectivity index (χ4n) is 3.38. The van der Waals surface area contributed by atoms with E-state index in [2.05, 4.69) is 26.7 Å². The average Bonchev–Trinajstić information content (AvgIpc) is 3.38. The highest BCUT2D eigenvalue weighted by atomic mass is 32.2. The second-order valence-electron chi connectivity index (χ2n) is 6.64. The summed E-state index contributed by atoms with van der Waals surface area (Å²) < 4.78 is 15.1. The molecule has 0 unspecified atom stereocenters. The number of imidazole rings is 1. The number of hydrogen-bond donors (Lipinski definition) is 0. The zero-order chi connectivity index (χ0) is 19.5. The first-order valence-electron chi connectivity index (χ1n) is 9.06. The first kappa shape index (κ1) is 19.2. The lowest BCUT2D eigenvalue weighted by Crippen LogP contribution is -2.48. The van der Waals surface area contributed by atoms with E-state index < -0.39 is 0 Å². The van der Waals surface area contributed by atoms with Crippen molar-refractivity contribution in [2.75, 3.05) is 32.4 Å². The van der Waals surface area contributed by atoms with E-state index >= 15 is 0 Å². The van der Waals surface area contributed by atoms with Gasteiger partial charge < -0.3 is 4.90 Å². The van der Waals surface area contributed by atoms with Gasteiger partial charge in [-0.3, -0.25) is 14.3 Å². The van der Waals surface area contributed by atoms with Crippen molar-refractivity contribution in [3.8, 4) is 5.69 Å². The van der Waals surface area contributed by atoms with Gasteiger partial charge in [0, 0.05) is 38.4 Å². The molecule has 0 bridgehead atoms. The molecule has 0 radical (unpaired) electrons. The lowest BCUT2D eigenvalue weighted by molar-refractivity contribution is 0.0620. The van der Waals surface area contributed by atoms with Crippen LogP contribution in [0.25, 0.3) is 5.69 Å². The van der Waals surface area contributed by atoms with E-state index in [0.717, 1.165) is 25.3 Å². The van der Waals surface area contributed by atoms with E-state index in [4.69, 9.17) is 0 Å². The van der Waals surface area contributed by atoms with Crippen LogP contribution in [0.1, 0.15) is 16.1 Å². The second kappa shape index (κ2) is 8.46. The number of nitrogens with zero attached hydrogens (tertiary/aromatic N) is 4. The molecule has 5 nitrogen and oxygen atoms in total. The fourth-order valence-corrected chi connectivity index (χ4v) is 4.59. The molecule has 1 fully saturated rings. The third-order valence-electron chi connectivity index (χ3n) is 4.86. The Balaban J connectivity index is 1.49. The predicted octanol–water partition coefficient (Wildman–Crippen LogP) is 3.75. The molecule has 0 saturated carbocycles. The van der Waals surface area contributed by atoms with E-state index in [0.29, 0.717) is 23.9 Å². The monoisotopic (exact) mass is 416 g/mol. The van der Waals surface area contributed by atoms with Crippen LogP contribution in [0.2, 0.25) is 0 Å². The number of carbonyl (C=O) groups excluding carboxylic acids is 1. The molecule has 1 aliphatic rings. The van der Waals surface area contributed by atoms with Gasteiger partial charge in [0.2, 0.25) is 0 Å². The van der Waals surface area contributed by atoms with Crippen LogP contribution < -0.4 is 0 Å². The van der Waals surface area contributed by atoms with E-state index in [9.17, 15) is 9.18 Å². The van der Waals surface area contributed by atoms with Gasteiger partial charge in [0.1, 0.15) is 11.5 Å². The van der Waals surface area contributed by atoms with Gasteiger partial charge in [0.05, 0.1) is 6.20 Å². The molecule has 1 aromatic carbocycles. The standard InChI is InChI=1S/C20H21FN4OS2/c1-27-20-22-12-18(25(20)17-4-2-16(21)3-5-17)19(26)24-9-7-23(8-10-24)13-15-6-11-28-14-15/h2-6,11-12,14H,7-10,13H2,1H3. The average molecular weight is 417 g/mol. The molecule has 1 aliphatic heterocycles. The Bertz CT molecular complexity index is 932. The molecule has 1 amide bonds. The molecule has 0 spiro atoms. The van der Waals surface area contributed by atoms with Crippen molar-refractivity contribution >= 4 is 29.0 Å². The summed E-state index contributed by atoms with van der Waals surface area (Å²) in [7, 11) is 0. The molecule has 3 heterocycles. The highest BCUT2D eigenvalue weighted by Gasteiger charge is 2.26. The van der Waals surface area contributed by atoms with Crippen LogP contribution in [0.3, 0.4) is 0 Å². The third kappa shape index (κ3) is 3.99. The second-order valence-corrected chi connectivity index (χ2v) is 8.20. The number of carbonyl (C=O) groups is 1. The summed E-state index contributed by atoms with van der Waals surface area (Å²) in [5.41, 5.74) is 2.58. The summed E-state index contributed by atoms with van der Waals surface area (Å²) in [4.78, 5) is 21.8. The Morgan fingerprint density at radius 3 is 2.57 bits per heavy atom. The summed E-state index contributed by atoms with van der Waals surface area (Å²) >= 11 is 3.17. The van der Waals surface area contributed by atoms with Crippen molar-refractivity contribution in [2.24, 2.45) is 0 Å². The Kier molecular flexibility index (Phi) is 5.79. The van der Waals surface area contributed by atoms with Crippen molar-refractivity contribution in [3.05, 3.63) is 64.4 Å². The molecule has 0 aliphatic carbocycles. The summed E-state index contributed by atoms with van der Waals surface area (Å²) in [5, 5.41) is 4.98. The van der Waals surface area contributed by atoms with E-state index in [1.807, 2.05) is 15.7 Å². The summed E-state index contributed by atoms with van der Waals surface area (Å²) in [5.74, 6) is -0.337. The quantitative estimate of drug-likeness (QED) is 0.594. The largest absolute Gasteiger partial charge is 0.335 e. The molecule has 146 valence electrons. The first-order valence-corrected chi connectivity index (χ1v) is 11.2. The predicted molar refractivity (Wildman–Crippen MR) is 111 cm³/mol. The van der Waals surface area contributed by atoms with E-state index in [1.54, 1.807) is 29.7 Å². The van der Waals surface area contributed by atoms with Crippen LogP contribution in [0.4, 0.5) is 4.39 Å². The molecule has 3 aromatic rings. The summed E-state index contributed by atoms with van der Waals surface area (Å²) in [6.07, 6.45) is 3.54. The topological polar surface area (TPSA) is 41.4 Å². The molecule has 28 heavy (non-hydrogen) atoms. The van der Waals surface area contributed by atoms with Gasteiger partial charge in [-0.1, -0.05) is 11.8 Å². The minimum atomic E-state index is -0.302. The number of thioether (sulfide) groups is 1. The van der Waals surface area contributed by atoms with Crippen molar-refractivity contribution in [1.82, 2.24) is 19.4 Å². The third-order valence-corrected chi connectivity index (χ3v) is 6.25. The van der Waals surface area contributed by atoms with Gasteiger partial charge in [-0.2, -0.15) is 11.3 Å². The number of aromatic nitrogens is 2. The number of hydrogen-bond acceptors (Lipinski definition) is 5. The molecule has 4 rings (SSSR count). The Labute approximate surface area is 171 Å².